The molecule has 0 heterocycles. The first kappa shape index (κ1) is 15.8. The van der Waals surface area contributed by atoms with Crippen molar-refractivity contribution >= 4 is 21.9 Å². The van der Waals surface area contributed by atoms with Gasteiger partial charge in [0.1, 0.15) is 6.04 Å². The third kappa shape index (κ3) is 4.11. The summed E-state index contributed by atoms with van der Waals surface area (Å²) < 4.78 is 11.7. The first-order valence-electron chi connectivity index (χ1n) is 5.87. The molecule has 1 unspecified atom stereocenters. The lowest BCUT2D eigenvalue weighted by Gasteiger charge is -2.19. The van der Waals surface area contributed by atoms with Crippen molar-refractivity contribution in [2.45, 2.75) is 32.4 Å². The molecule has 0 saturated carbocycles. The standard InChI is InChI=1S/C13H18BrNO4/c1-7(2)19-12-8(6-10(15)13(16)17)9(14)4-5-11(12)18-3/h4-5,7,10H,6,15H2,1-3H3,(H,16,17). The van der Waals surface area contributed by atoms with E-state index in [2.05, 4.69) is 15.9 Å². The first-order valence-corrected chi connectivity index (χ1v) is 6.66. The smallest absolute Gasteiger partial charge is 0.320 e. The van der Waals surface area contributed by atoms with Crippen molar-refractivity contribution in [2.75, 3.05) is 7.11 Å². The maximum atomic E-state index is 10.9. The Kier molecular flexibility index (Phi) is 5.62. The Hall–Kier alpha value is -1.27. The molecular weight excluding hydrogens is 314 g/mol. The van der Waals surface area contributed by atoms with Gasteiger partial charge in [-0.15, -0.1) is 0 Å². The normalized spacial score (nSPS) is 12.3. The highest BCUT2D eigenvalue weighted by atomic mass is 79.9. The monoisotopic (exact) mass is 331 g/mol. The Morgan fingerprint density at radius 3 is 2.58 bits per heavy atom. The van der Waals surface area contributed by atoms with Crippen LogP contribution in [0, 0.1) is 0 Å². The van der Waals surface area contributed by atoms with E-state index in [1.807, 2.05) is 13.8 Å². The maximum Gasteiger partial charge on any atom is 0.320 e. The highest BCUT2D eigenvalue weighted by molar-refractivity contribution is 9.10. The lowest BCUT2D eigenvalue weighted by molar-refractivity contribution is -0.138. The summed E-state index contributed by atoms with van der Waals surface area (Å²) in [5, 5.41) is 8.92. The van der Waals surface area contributed by atoms with Crippen LogP contribution in [-0.4, -0.2) is 30.3 Å². The Bertz CT molecular complexity index is 462. The van der Waals surface area contributed by atoms with Gasteiger partial charge >= 0.3 is 5.97 Å². The van der Waals surface area contributed by atoms with E-state index in [0.717, 1.165) is 4.47 Å². The van der Waals surface area contributed by atoms with Crippen molar-refractivity contribution in [1.29, 1.82) is 0 Å². The molecule has 0 amide bonds. The minimum atomic E-state index is -1.05. The van der Waals surface area contributed by atoms with Crippen LogP contribution in [0.2, 0.25) is 0 Å². The van der Waals surface area contributed by atoms with Crippen LogP contribution in [0.15, 0.2) is 16.6 Å². The highest BCUT2D eigenvalue weighted by Gasteiger charge is 2.21. The predicted molar refractivity (Wildman–Crippen MR) is 75.8 cm³/mol. The van der Waals surface area contributed by atoms with Gasteiger partial charge in [-0.2, -0.15) is 0 Å². The number of benzene rings is 1. The fourth-order valence-electron chi connectivity index (χ4n) is 1.61. The van der Waals surface area contributed by atoms with Crippen LogP contribution in [-0.2, 0) is 11.2 Å². The Labute approximate surface area is 120 Å². The average molecular weight is 332 g/mol. The SMILES string of the molecule is COc1ccc(Br)c(CC(N)C(=O)O)c1OC(C)C. The molecule has 1 aromatic rings. The fourth-order valence-corrected chi connectivity index (χ4v) is 2.08. The van der Waals surface area contributed by atoms with E-state index in [1.54, 1.807) is 12.1 Å². The van der Waals surface area contributed by atoms with Crippen molar-refractivity contribution in [2.24, 2.45) is 5.73 Å². The number of carboxylic acid groups (broad SMARTS) is 1. The number of ether oxygens (including phenoxy) is 2. The summed E-state index contributed by atoms with van der Waals surface area (Å²) in [6.45, 7) is 3.78. The van der Waals surface area contributed by atoms with Gasteiger partial charge in [0.25, 0.3) is 0 Å². The van der Waals surface area contributed by atoms with Gasteiger partial charge in [0.15, 0.2) is 11.5 Å². The van der Waals surface area contributed by atoms with Gasteiger partial charge in [0.2, 0.25) is 0 Å². The maximum absolute atomic E-state index is 10.9. The second kappa shape index (κ2) is 6.77. The van der Waals surface area contributed by atoms with E-state index in [-0.39, 0.29) is 12.5 Å². The lowest BCUT2D eigenvalue weighted by Crippen LogP contribution is -2.32. The summed E-state index contributed by atoms with van der Waals surface area (Å²) in [4.78, 5) is 10.9. The summed E-state index contributed by atoms with van der Waals surface area (Å²) in [6.07, 6.45) is 0.109. The summed E-state index contributed by atoms with van der Waals surface area (Å²) >= 11 is 3.39. The van der Waals surface area contributed by atoms with Crippen molar-refractivity contribution in [3.05, 3.63) is 22.2 Å². The molecule has 0 aromatic heterocycles. The molecule has 0 spiro atoms. The molecular formula is C13H18BrNO4. The molecule has 3 N–H and O–H groups in total. The van der Waals surface area contributed by atoms with E-state index in [1.165, 1.54) is 7.11 Å². The predicted octanol–water partition coefficient (Wildman–Crippen LogP) is 2.20. The van der Waals surface area contributed by atoms with Crippen LogP contribution >= 0.6 is 15.9 Å². The molecule has 1 aromatic carbocycles. The lowest BCUT2D eigenvalue weighted by atomic mass is 10.0. The Morgan fingerprint density at radius 1 is 1.47 bits per heavy atom. The number of halogens is 1. The molecule has 0 saturated heterocycles. The van der Waals surface area contributed by atoms with E-state index in [4.69, 9.17) is 20.3 Å². The second-order valence-corrected chi connectivity index (χ2v) is 5.23. The molecule has 0 aliphatic carbocycles. The molecule has 1 atom stereocenters. The Morgan fingerprint density at radius 2 is 2.11 bits per heavy atom. The van der Waals surface area contributed by atoms with Gasteiger partial charge in [-0.1, -0.05) is 15.9 Å². The van der Waals surface area contributed by atoms with Crippen molar-refractivity contribution in [3.8, 4) is 11.5 Å². The van der Waals surface area contributed by atoms with Crippen molar-refractivity contribution in [1.82, 2.24) is 0 Å². The topological polar surface area (TPSA) is 81.8 Å². The van der Waals surface area contributed by atoms with Crippen LogP contribution in [0.1, 0.15) is 19.4 Å². The number of methoxy groups -OCH3 is 1. The van der Waals surface area contributed by atoms with Crippen LogP contribution in [0.5, 0.6) is 11.5 Å². The highest BCUT2D eigenvalue weighted by Crippen LogP contribution is 2.37. The largest absolute Gasteiger partial charge is 0.493 e. The molecule has 0 bridgehead atoms. The minimum absolute atomic E-state index is 0.0528. The number of nitrogens with two attached hydrogens (primary N) is 1. The summed E-state index contributed by atoms with van der Waals surface area (Å²) in [6, 6.07) is 2.56. The van der Waals surface area contributed by atoms with E-state index < -0.39 is 12.0 Å². The first-order chi connectivity index (χ1) is 8.86. The van der Waals surface area contributed by atoms with E-state index in [0.29, 0.717) is 17.1 Å². The summed E-state index contributed by atoms with van der Waals surface area (Å²) in [5.74, 6) is 0.0401. The molecule has 0 radical (unpaired) electrons. The van der Waals surface area contributed by atoms with Crippen LogP contribution in [0.4, 0.5) is 0 Å². The van der Waals surface area contributed by atoms with Gasteiger partial charge in [0.05, 0.1) is 13.2 Å². The van der Waals surface area contributed by atoms with Crippen LogP contribution in [0.25, 0.3) is 0 Å². The van der Waals surface area contributed by atoms with Crippen molar-refractivity contribution < 1.29 is 19.4 Å². The molecule has 0 aliphatic heterocycles. The molecule has 6 heteroatoms. The molecule has 5 nitrogen and oxygen atoms in total. The van der Waals surface area contributed by atoms with Crippen molar-refractivity contribution in [3.63, 3.8) is 0 Å². The van der Waals surface area contributed by atoms with Gasteiger partial charge in [-0.05, 0) is 26.0 Å². The zero-order chi connectivity index (χ0) is 14.6. The van der Waals surface area contributed by atoms with E-state index in [9.17, 15) is 4.79 Å². The zero-order valence-corrected chi connectivity index (χ0v) is 12.7. The van der Waals surface area contributed by atoms with Crippen LogP contribution < -0.4 is 15.2 Å². The van der Waals surface area contributed by atoms with E-state index >= 15 is 0 Å². The fraction of sp³-hybridized carbons (Fsp3) is 0.462. The average Bonchev–Trinajstić information content (AvgIpc) is 2.33. The molecule has 106 valence electrons. The Balaban J connectivity index is 3.21. The second-order valence-electron chi connectivity index (χ2n) is 4.37. The van der Waals surface area contributed by atoms with Gasteiger partial charge in [-0.3, -0.25) is 4.79 Å². The summed E-state index contributed by atoms with van der Waals surface area (Å²) in [7, 11) is 1.54. The number of rotatable bonds is 6. The zero-order valence-electron chi connectivity index (χ0n) is 11.1. The number of aliphatic carboxylic acids is 1. The van der Waals surface area contributed by atoms with Gasteiger partial charge < -0.3 is 20.3 Å². The quantitative estimate of drug-likeness (QED) is 0.835. The molecule has 19 heavy (non-hydrogen) atoms. The molecule has 0 aliphatic rings. The number of hydrogen-bond donors (Lipinski definition) is 2. The summed E-state index contributed by atoms with van der Waals surface area (Å²) in [5.41, 5.74) is 6.29. The molecule has 0 fully saturated rings. The minimum Gasteiger partial charge on any atom is -0.493 e. The number of hydrogen-bond acceptors (Lipinski definition) is 4. The molecule has 1 rings (SSSR count). The third-order valence-electron chi connectivity index (χ3n) is 2.48. The van der Waals surface area contributed by atoms with Gasteiger partial charge in [-0.25, -0.2) is 0 Å². The van der Waals surface area contributed by atoms with Gasteiger partial charge in [0, 0.05) is 16.5 Å². The third-order valence-corrected chi connectivity index (χ3v) is 3.22. The number of carbonyl (C=O) groups is 1. The number of carboxylic acids is 1. The van der Waals surface area contributed by atoms with Crippen LogP contribution in [0.3, 0.4) is 0 Å².